The van der Waals surface area contributed by atoms with Crippen molar-refractivity contribution in [3.8, 4) is 0 Å². The van der Waals surface area contributed by atoms with E-state index in [1.165, 1.54) is 16.7 Å². The minimum absolute atomic E-state index is 0.253. The Bertz CT molecular complexity index is 560. The van der Waals surface area contributed by atoms with Crippen LogP contribution in [0.1, 0.15) is 38.7 Å². The molecule has 3 heteroatoms. The maximum atomic E-state index is 5.68. The summed E-state index contributed by atoms with van der Waals surface area (Å²) in [5.74, 6) is 2.00. The standard InChI is InChI=1S/C15H18BrNO/c1-9-6-5-7-17-14(9)8-13(16)15-10(2)11(3)18-12(15)4/h5-7,13H,8H2,1-4H3. The molecule has 1 atom stereocenters. The molecule has 2 aromatic heterocycles. The van der Waals surface area contributed by atoms with Gasteiger partial charge in [-0.05, 0) is 44.9 Å². The van der Waals surface area contributed by atoms with E-state index in [4.69, 9.17) is 4.42 Å². The minimum Gasteiger partial charge on any atom is -0.466 e. The molecule has 0 radical (unpaired) electrons. The molecule has 0 aliphatic heterocycles. The molecule has 2 nitrogen and oxygen atoms in total. The van der Waals surface area contributed by atoms with Gasteiger partial charge in [-0.2, -0.15) is 0 Å². The van der Waals surface area contributed by atoms with Gasteiger partial charge < -0.3 is 4.42 Å². The van der Waals surface area contributed by atoms with Gasteiger partial charge >= 0.3 is 0 Å². The van der Waals surface area contributed by atoms with Crippen LogP contribution in [-0.4, -0.2) is 4.98 Å². The molecular weight excluding hydrogens is 290 g/mol. The van der Waals surface area contributed by atoms with Crippen LogP contribution in [0.15, 0.2) is 22.7 Å². The molecular formula is C15H18BrNO. The molecule has 0 aromatic carbocycles. The molecule has 0 spiro atoms. The molecule has 0 saturated carbocycles. The van der Waals surface area contributed by atoms with Gasteiger partial charge in [0.05, 0.1) is 0 Å². The number of pyridine rings is 1. The van der Waals surface area contributed by atoms with E-state index in [2.05, 4.69) is 40.8 Å². The summed E-state index contributed by atoms with van der Waals surface area (Å²) in [6.07, 6.45) is 2.73. The summed E-state index contributed by atoms with van der Waals surface area (Å²) in [5.41, 5.74) is 4.87. The normalized spacial score (nSPS) is 12.7. The first kappa shape index (κ1) is 13.3. The van der Waals surface area contributed by atoms with E-state index in [1.807, 2.05) is 26.1 Å². The van der Waals surface area contributed by atoms with Crippen LogP contribution < -0.4 is 0 Å². The Hall–Kier alpha value is -1.09. The summed E-state index contributed by atoms with van der Waals surface area (Å²) in [7, 11) is 0. The maximum absolute atomic E-state index is 5.68. The van der Waals surface area contributed by atoms with E-state index in [9.17, 15) is 0 Å². The summed E-state index contributed by atoms with van der Waals surface area (Å²) in [4.78, 5) is 4.70. The highest BCUT2D eigenvalue weighted by Crippen LogP contribution is 2.34. The molecule has 18 heavy (non-hydrogen) atoms. The van der Waals surface area contributed by atoms with Gasteiger partial charge in [0.2, 0.25) is 0 Å². The third kappa shape index (κ3) is 2.51. The lowest BCUT2D eigenvalue weighted by molar-refractivity contribution is 0.499. The fraction of sp³-hybridized carbons (Fsp3) is 0.400. The van der Waals surface area contributed by atoms with Crippen LogP contribution >= 0.6 is 15.9 Å². The van der Waals surface area contributed by atoms with Crippen LogP contribution in [0.4, 0.5) is 0 Å². The number of halogens is 1. The van der Waals surface area contributed by atoms with Gasteiger partial charge in [-0.3, -0.25) is 4.98 Å². The molecule has 0 amide bonds. The number of hydrogen-bond donors (Lipinski definition) is 0. The summed E-state index contributed by atoms with van der Waals surface area (Å²) >= 11 is 3.77. The van der Waals surface area contributed by atoms with Crippen molar-refractivity contribution in [2.24, 2.45) is 0 Å². The second kappa shape index (κ2) is 5.27. The molecule has 1 unspecified atom stereocenters. The summed E-state index contributed by atoms with van der Waals surface area (Å²) in [6.45, 7) is 8.25. The Morgan fingerprint density at radius 2 is 1.94 bits per heavy atom. The Balaban J connectivity index is 2.28. The molecule has 0 aliphatic rings. The molecule has 2 aromatic rings. The van der Waals surface area contributed by atoms with Crippen LogP contribution in [0.3, 0.4) is 0 Å². The first-order chi connectivity index (χ1) is 8.50. The third-order valence-electron chi connectivity index (χ3n) is 3.42. The molecule has 0 bridgehead atoms. The fourth-order valence-corrected chi connectivity index (χ4v) is 3.25. The number of aryl methyl sites for hydroxylation is 3. The van der Waals surface area contributed by atoms with Gasteiger partial charge in [-0.15, -0.1) is 0 Å². The van der Waals surface area contributed by atoms with Crippen molar-refractivity contribution >= 4 is 15.9 Å². The Labute approximate surface area is 117 Å². The van der Waals surface area contributed by atoms with Crippen molar-refractivity contribution in [1.29, 1.82) is 0 Å². The smallest absolute Gasteiger partial charge is 0.105 e. The van der Waals surface area contributed by atoms with E-state index in [1.54, 1.807) is 0 Å². The van der Waals surface area contributed by atoms with E-state index in [-0.39, 0.29) is 4.83 Å². The number of hydrogen-bond acceptors (Lipinski definition) is 2. The number of furan rings is 1. The molecule has 96 valence electrons. The lowest BCUT2D eigenvalue weighted by atomic mass is 10.0. The highest BCUT2D eigenvalue weighted by Gasteiger charge is 2.20. The van der Waals surface area contributed by atoms with Crippen molar-refractivity contribution in [3.63, 3.8) is 0 Å². The zero-order chi connectivity index (χ0) is 13.3. The third-order valence-corrected chi connectivity index (χ3v) is 4.20. The average molecular weight is 308 g/mol. The predicted molar refractivity (Wildman–Crippen MR) is 77.3 cm³/mol. The van der Waals surface area contributed by atoms with Gasteiger partial charge in [0.1, 0.15) is 11.5 Å². The molecule has 0 N–H and O–H groups in total. The first-order valence-corrected chi connectivity index (χ1v) is 7.03. The van der Waals surface area contributed by atoms with Gasteiger partial charge in [0, 0.05) is 28.7 Å². The van der Waals surface area contributed by atoms with E-state index >= 15 is 0 Å². The molecule has 0 fully saturated rings. The summed E-state index contributed by atoms with van der Waals surface area (Å²) in [5, 5.41) is 0. The SMILES string of the molecule is Cc1cccnc1CC(Br)c1c(C)oc(C)c1C. The van der Waals surface area contributed by atoms with Crippen molar-refractivity contribution in [2.75, 3.05) is 0 Å². The number of rotatable bonds is 3. The summed E-state index contributed by atoms with van der Waals surface area (Å²) in [6, 6.07) is 4.07. The Morgan fingerprint density at radius 1 is 1.22 bits per heavy atom. The zero-order valence-electron chi connectivity index (χ0n) is 11.2. The number of aromatic nitrogens is 1. The van der Waals surface area contributed by atoms with Crippen LogP contribution in [0, 0.1) is 27.7 Å². The fourth-order valence-electron chi connectivity index (χ4n) is 2.27. The Morgan fingerprint density at radius 3 is 2.50 bits per heavy atom. The minimum atomic E-state index is 0.253. The highest BCUT2D eigenvalue weighted by atomic mass is 79.9. The van der Waals surface area contributed by atoms with Crippen LogP contribution in [0.2, 0.25) is 0 Å². The van der Waals surface area contributed by atoms with Gasteiger partial charge in [-0.1, -0.05) is 22.0 Å². The molecule has 2 heterocycles. The first-order valence-electron chi connectivity index (χ1n) is 6.11. The maximum Gasteiger partial charge on any atom is 0.105 e. The van der Waals surface area contributed by atoms with Crippen LogP contribution in [0.5, 0.6) is 0 Å². The van der Waals surface area contributed by atoms with Crippen LogP contribution in [0.25, 0.3) is 0 Å². The van der Waals surface area contributed by atoms with Crippen molar-refractivity contribution < 1.29 is 4.42 Å². The molecule has 0 saturated heterocycles. The lowest BCUT2D eigenvalue weighted by Gasteiger charge is -2.11. The van der Waals surface area contributed by atoms with Crippen LogP contribution in [-0.2, 0) is 6.42 Å². The van der Waals surface area contributed by atoms with Crippen molar-refractivity contribution in [1.82, 2.24) is 4.98 Å². The topological polar surface area (TPSA) is 26.0 Å². The second-order valence-corrected chi connectivity index (χ2v) is 5.80. The monoisotopic (exact) mass is 307 g/mol. The molecule has 2 rings (SSSR count). The van der Waals surface area contributed by atoms with Crippen molar-refractivity contribution in [2.45, 2.75) is 38.9 Å². The van der Waals surface area contributed by atoms with Gasteiger partial charge in [0.25, 0.3) is 0 Å². The predicted octanol–water partition coefficient (Wildman–Crippen LogP) is 4.59. The average Bonchev–Trinajstić information content (AvgIpc) is 2.56. The number of alkyl halides is 1. The largest absolute Gasteiger partial charge is 0.466 e. The Kier molecular flexibility index (Phi) is 3.91. The lowest BCUT2D eigenvalue weighted by Crippen LogP contribution is -2.01. The van der Waals surface area contributed by atoms with E-state index in [0.29, 0.717) is 0 Å². The van der Waals surface area contributed by atoms with E-state index < -0.39 is 0 Å². The van der Waals surface area contributed by atoms with Crippen molar-refractivity contribution in [3.05, 3.63) is 52.2 Å². The van der Waals surface area contributed by atoms with E-state index in [0.717, 1.165) is 23.6 Å². The van der Waals surface area contributed by atoms with Gasteiger partial charge in [0.15, 0.2) is 0 Å². The van der Waals surface area contributed by atoms with Gasteiger partial charge in [-0.25, -0.2) is 0 Å². The summed E-state index contributed by atoms with van der Waals surface area (Å²) < 4.78 is 5.68. The second-order valence-electron chi connectivity index (χ2n) is 4.69. The quantitative estimate of drug-likeness (QED) is 0.775. The zero-order valence-corrected chi connectivity index (χ0v) is 12.8. The number of nitrogens with zero attached hydrogens (tertiary/aromatic N) is 1. The molecule has 0 aliphatic carbocycles. The highest BCUT2D eigenvalue weighted by molar-refractivity contribution is 9.09.